The van der Waals surface area contributed by atoms with E-state index in [2.05, 4.69) is 19.2 Å². The number of halogens is 2. The molecule has 2 unspecified atom stereocenters. The third-order valence-corrected chi connectivity index (χ3v) is 3.42. The van der Waals surface area contributed by atoms with Crippen LogP contribution in [0.4, 0.5) is 4.39 Å². The lowest BCUT2D eigenvalue weighted by molar-refractivity contribution is 0.406. The van der Waals surface area contributed by atoms with E-state index in [9.17, 15) is 4.39 Å². The average molecular weight is 258 g/mol. The molecule has 0 saturated heterocycles. The van der Waals surface area contributed by atoms with Crippen molar-refractivity contribution in [3.05, 3.63) is 34.6 Å². The average Bonchev–Trinajstić information content (AvgIpc) is 2.30. The van der Waals surface area contributed by atoms with Crippen molar-refractivity contribution in [2.75, 3.05) is 7.05 Å². The van der Waals surface area contributed by atoms with Crippen LogP contribution in [-0.2, 0) is 0 Å². The molecular formula is C14H21ClFN. The predicted molar refractivity (Wildman–Crippen MR) is 71.9 cm³/mol. The van der Waals surface area contributed by atoms with Gasteiger partial charge in [0.1, 0.15) is 5.82 Å². The van der Waals surface area contributed by atoms with E-state index in [1.54, 1.807) is 6.07 Å². The van der Waals surface area contributed by atoms with Gasteiger partial charge in [-0.2, -0.15) is 0 Å². The van der Waals surface area contributed by atoms with Gasteiger partial charge in [-0.1, -0.05) is 44.4 Å². The highest BCUT2D eigenvalue weighted by Crippen LogP contribution is 2.26. The van der Waals surface area contributed by atoms with Crippen molar-refractivity contribution < 1.29 is 4.39 Å². The molecule has 1 N–H and O–H groups in total. The molecule has 0 heterocycles. The topological polar surface area (TPSA) is 12.0 Å². The SMILES string of the molecule is CCCC(C)CC(NC)c1ccc(Cl)c(F)c1. The quantitative estimate of drug-likeness (QED) is 0.787. The smallest absolute Gasteiger partial charge is 0.142 e. The van der Waals surface area contributed by atoms with Crippen LogP contribution in [0.25, 0.3) is 0 Å². The van der Waals surface area contributed by atoms with Gasteiger partial charge in [0, 0.05) is 6.04 Å². The Hall–Kier alpha value is -0.600. The molecule has 1 aromatic rings. The fourth-order valence-corrected chi connectivity index (χ4v) is 2.28. The third-order valence-electron chi connectivity index (χ3n) is 3.11. The molecule has 0 radical (unpaired) electrons. The molecule has 1 nitrogen and oxygen atoms in total. The maximum atomic E-state index is 13.4. The monoisotopic (exact) mass is 257 g/mol. The minimum atomic E-state index is -0.340. The number of hydrogen-bond acceptors (Lipinski definition) is 1. The molecule has 0 saturated carbocycles. The Kier molecular flexibility index (Phi) is 5.93. The molecule has 3 heteroatoms. The Labute approximate surface area is 108 Å². The summed E-state index contributed by atoms with van der Waals surface area (Å²) in [4.78, 5) is 0. The number of benzene rings is 1. The highest BCUT2D eigenvalue weighted by molar-refractivity contribution is 6.30. The minimum absolute atomic E-state index is 0.185. The second-order valence-corrected chi connectivity index (χ2v) is 5.05. The van der Waals surface area contributed by atoms with Gasteiger partial charge in [-0.25, -0.2) is 4.39 Å². The highest BCUT2D eigenvalue weighted by atomic mass is 35.5. The van der Waals surface area contributed by atoms with E-state index < -0.39 is 0 Å². The van der Waals surface area contributed by atoms with Crippen LogP contribution in [0.1, 0.15) is 44.7 Å². The summed E-state index contributed by atoms with van der Waals surface area (Å²) in [5, 5.41) is 3.43. The Morgan fingerprint density at radius 2 is 2.12 bits per heavy atom. The summed E-state index contributed by atoms with van der Waals surface area (Å²) in [6.07, 6.45) is 3.41. The molecular weight excluding hydrogens is 237 g/mol. The van der Waals surface area contributed by atoms with Crippen LogP contribution in [0.5, 0.6) is 0 Å². The van der Waals surface area contributed by atoms with Gasteiger partial charge in [0.2, 0.25) is 0 Å². The third kappa shape index (κ3) is 4.29. The molecule has 0 aliphatic carbocycles. The van der Waals surface area contributed by atoms with Gasteiger partial charge in [-0.05, 0) is 37.1 Å². The lowest BCUT2D eigenvalue weighted by Crippen LogP contribution is -2.19. The molecule has 1 aromatic carbocycles. The van der Waals surface area contributed by atoms with Crippen molar-refractivity contribution >= 4 is 11.6 Å². The van der Waals surface area contributed by atoms with Crippen LogP contribution in [-0.4, -0.2) is 7.05 Å². The number of rotatable bonds is 6. The molecule has 0 aliphatic rings. The maximum absolute atomic E-state index is 13.4. The van der Waals surface area contributed by atoms with E-state index in [1.165, 1.54) is 18.9 Å². The molecule has 96 valence electrons. The minimum Gasteiger partial charge on any atom is -0.313 e. The predicted octanol–water partition coefficient (Wildman–Crippen LogP) is 4.57. The maximum Gasteiger partial charge on any atom is 0.142 e. The van der Waals surface area contributed by atoms with Crippen LogP contribution in [0, 0.1) is 11.7 Å². The molecule has 1 rings (SSSR count). The summed E-state index contributed by atoms with van der Waals surface area (Å²) < 4.78 is 13.4. The lowest BCUT2D eigenvalue weighted by atomic mass is 9.93. The van der Waals surface area contributed by atoms with Crippen molar-refractivity contribution in [2.45, 2.75) is 39.2 Å². The summed E-state index contributed by atoms with van der Waals surface area (Å²) in [7, 11) is 1.91. The summed E-state index contributed by atoms with van der Waals surface area (Å²) >= 11 is 5.69. The van der Waals surface area contributed by atoms with Gasteiger partial charge in [-0.15, -0.1) is 0 Å². The van der Waals surface area contributed by atoms with E-state index >= 15 is 0 Å². The van der Waals surface area contributed by atoms with Crippen molar-refractivity contribution in [3.8, 4) is 0 Å². The number of nitrogens with one attached hydrogen (secondary N) is 1. The molecule has 17 heavy (non-hydrogen) atoms. The van der Waals surface area contributed by atoms with Crippen molar-refractivity contribution in [3.63, 3.8) is 0 Å². The largest absolute Gasteiger partial charge is 0.313 e. The first-order valence-electron chi connectivity index (χ1n) is 6.20. The van der Waals surface area contributed by atoms with Gasteiger partial charge in [-0.3, -0.25) is 0 Å². The molecule has 0 spiro atoms. The van der Waals surface area contributed by atoms with E-state index in [-0.39, 0.29) is 16.9 Å². The van der Waals surface area contributed by atoms with Crippen LogP contribution in [0.2, 0.25) is 5.02 Å². The molecule has 0 fully saturated rings. The van der Waals surface area contributed by atoms with Crippen molar-refractivity contribution in [1.29, 1.82) is 0 Å². The van der Waals surface area contributed by atoms with Crippen LogP contribution in [0.3, 0.4) is 0 Å². The van der Waals surface area contributed by atoms with E-state index in [0.717, 1.165) is 12.0 Å². The van der Waals surface area contributed by atoms with Crippen LogP contribution < -0.4 is 5.32 Å². The van der Waals surface area contributed by atoms with Gasteiger partial charge >= 0.3 is 0 Å². The Bertz CT molecular complexity index is 354. The first kappa shape index (κ1) is 14.5. The molecule has 0 aliphatic heterocycles. The fraction of sp³-hybridized carbons (Fsp3) is 0.571. The fourth-order valence-electron chi connectivity index (χ4n) is 2.16. The van der Waals surface area contributed by atoms with Crippen molar-refractivity contribution in [1.82, 2.24) is 5.32 Å². The van der Waals surface area contributed by atoms with E-state index in [4.69, 9.17) is 11.6 Å². The zero-order chi connectivity index (χ0) is 12.8. The second kappa shape index (κ2) is 6.97. The first-order chi connectivity index (χ1) is 8.08. The summed E-state index contributed by atoms with van der Waals surface area (Å²) in [5.74, 6) is 0.295. The summed E-state index contributed by atoms with van der Waals surface area (Å²) in [5.41, 5.74) is 0.970. The second-order valence-electron chi connectivity index (χ2n) is 4.64. The summed E-state index contributed by atoms with van der Waals surface area (Å²) in [6, 6.07) is 5.25. The first-order valence-corrected chi connectivity index (χ1v) is 6.58. The van der Waals surface area contributed by atoms with E-state index in [1.807, 2.05) is 13.1 Å². The van der Waals surface area contributed by atoms with Crippen LogP contribution in [0.15, 0.2) is 18.2 Å². The molecule has 0 bridgehead atoms. The standard InChI is InChI=1S/C14H21ClFN/c1-4-5-10(2)8-14(17-3)11-6-7-12(15)13(16)9-11/h6-7,9-10,14,17H,4-5,8H2,1-3H3. The van der Waals surface area contributed by atoms with Gasteiger partial charge in [0.15, 0.2) is 0 Å². The Morgan fingerprint density at radius 1 is 1.41 bits per heavy atom. The van der Waals surface area contributed by atoms with Gasteiger partial charge < -0.3 is 5.32 Å². The molecule has 0 aromatic heterocycles. The normalized spacial score (nSPS) is 14.6. The lowest BCUT2D eigenvalue weighted by Gasteiger charge is -2.21. The zero-order valence-electron chi connectivity index (χ0n) is 10.8. The zero-order valence-corrected chi connectivity index (χ0v) is 11.5. The number of hydrogen-bond donors (Lipinski definition) is 1. The van der Waals surface area contributed by atoms with E-state index in [0.29, 0.717) is 5.92 Å². The highest BCUT2D eigenvalue weighted by Gasteiger charge is 2.14. The summed E-state index contributed by atoms with van der Waals surface area (Å²) in [6.45, 7) is 4.42. The van der Waals surface area contributed by atoms with Crippen molar-refractivity contribution in [2.24, 2.45) is 5.92 Å². The Balaban J connectivity index is 2.75. The van der Waals surface area contributed by atoms with Gasteiger partial charge in [0.25, 0.3) is 0 Å². The Morgan fingerprint density at radius 3 is 2.65 bits per heavy atom. The molecule has 0 amide bonds. The van der Waals surface area contributed by atoms with Gasteiger partial charge in [0.05, 0.1) is 5.02 Å². The molecule has 2 atom stereocenters. The van der Waals surface area contributed by atoms with Crippen LogP contribution >= 0.6 is 11.6 Å².